The number of hydrogen-bond donors (Lipinski definition) is 0. The summed E-state index contributed by atoms with van der Waals surface area (Å²) < 4.78 is 2.46. The predicted octanol–water partition coefficient (Wildman–Crippen LogP) is 15.6. The molecule has 0 radical (unpaired) electrons. The fraction of sp³-hybridized carbons (Fsp3) is 0. The number of nitrogens with zero attached hydrogens (tertiary/aromatic N) is 2. The first-order chi connectivity index (χ1) is 28.8. The normalized spacial score (nSPS) is 11.4. The average molecular weight is 739 g/mol. The molecule has 0 amide bonds. The maximum absolute atomic E-state index is 2.46. The lowest BCUT2D eigenvalue weighted by molar-refractivity contribution is 1.20. The van der Waals surface area contributed by atoms with E-state index in [4.69, 9.17) is 0 Å². The van der Waals surface area contributed by atoms with E-state index in [-0.39, 0.29) is 0 Å². The highest BCUT2D eigenvalue weighted by Gasteiger charge is 2.19. The summed E-state index contributed by atoms with van der Waals surface area (Å²) in [5, 5.41) is 7.48. The maximum atomic E-state index is 2.46. The topological polar surface area (TPSA) is 8.17 Å². The lowest BCUT2D eigenvalue weighted by Crippen LogP contribution is -2.11. The van der Waals surface area contributed by atoms with Gasteiger partial charge in [-0.05, 0) is 98.6 Å². The Balaban J connectivity index is 1.04. The summed E-state index contributed by atoms with van der Waals surface area (Å²) in [5.74, 6) is 0. The van der Waals surface area contributed by atoms with Crippen LogP contribution in [0.5, 0.6) is 0 Å². The lowest BCUT2D eigenvalue weighted by Gasteiger charge is -2.28. The van der Waals surface area contributed by atoms with Gasteiger partial charge in [0.1, 0.15) is 0 Å². The summed E-state index contributed by atoms with van der Waals surface area (Å²) in [5.41, 5.74) is 14.1. The zero-order valence-electron chi connectivity index (χ0n) is 31.8. The summed E-state index contributed by atoms with van der Waals surface area (Å²) in [6.07, 6.45) is 0. The third-order valence-corrected chi connectivity index (χ3v) is 11.6. The van der Waals surface area contributed by atoms with Gasteiger partial charge in [0, 0.05) is 33.1 Å². The molecule has 272 valence electrons. The minimum atomic E-state index is 1.10. The molecule has 0 N–H and O–H groups in total. The van der Waals surface area contributed by atoms with Crippen LogP contribution in [0.1, 0.15) is 0 Å². The maximum Gasteiger partial charge on any atom is 0.0547 e. The first-order valence-electron chi connectivity index (χ1n) is 19.9. The molecule has 0 saturated carbocycles. The molecule has 0 aliphatic rings. The third-order valence-electron chi connectivity index (χ3n) is 11.6. The predicted molar refractivity (Wildman–Crippen MR) is 247 cm³/mol. The van der Waals surface area contributed by atoms with Crippen molar-refractivity contribution in [3.63, 3.8) is 0 Å². The molecular weight excluding hydrogens is 701 g/mol. The van der Waals surface area contributed by atoms with E-state index in [9.17, 15) is 0 Å². The number of anilines is 3. The van der Waals surface area contributed by atoms with Gasteiger partial charge >= 0.3 is 0 Å². The summed E-state index contributed by atoms with van der Waals surface area (Å²) in [7, 11) is 0. The smallest absolute Gasteiger partial charge is 0.0547 e. The zero-order valence-corrected chi connectivity index (χ0v) is 31.8. The van der Waals surface area contributed by atoms with Gasteiger partial charge in [-0.2, -0.15) is 0 Å². The van der Waals surface area contributed by atoms with Crippen molar-refractivity contribution < 1.29 is 0 Å². The van der Waals surface area contributed by atoms with E-state index in [1.165, 1.54) is 82.4 Å². The zero-order chi connectivity index (χ0) is 38.4. The number of benzene rings is 10. The van der Waals surface area contributed by atoms with E-state index in [2.05, 4.69) is 240 Å². The molecular formula is C56H38N2. The van der Waals surface area contributed by atoms with Gasteiger partial charge in [0.15, 0.2) is 0 Å². The minimum absolute atomic E-state index is 1.10. The van der Waals surface area contributed by atoms with Crippen molar-refractivity contribution in [1.29, 1.82) is 0 Å². The molecule has 0 saturated heterocycles. The number of hydrogen-bond acceptors (Lipinski definition) is 1. The van der Waals surface area contributed by atoms with Crippen LogP contribution >= 0.6 is 0 Å². The van der Waals surface area contributed by atoms with Crippen molar-refractivity contribution in [1.82, 2.24) is 4.57 Å². The second-order valence-electron chi connectivity index (χ2n) is 14.9. The Morgan fingerprint density at radius 1 is 0.293 bits per heavy atom. The fourth-order valence-electron chi connectivity index (χ4n) is 8.83. The molecule has 2 nitrogen and oxygen atoms in total. The van der Waals surface area contributed by atoms with Crippen molar-refractivity contribution in [3.05, 3.63) is 231 Å². The number of aromatic nitrogens is 1. The average Bonchev–Trinajstić information content (AvgIpc) is 3.62. The Kier molecular flexibility index (Phi) is 8.19. The molecule has 58 heavy (non-hydrogen) atoms. The number of para-hydroxylation sites is 2. The molecule has 0 aliphatic heterocycles. The second kappa shape index (κ2) is 14.1. The quantitative estimate of drug-likeness (QED) is 0.158. The van der Waals surface area contributed by atoms with Gasteiger partial charge < -0.3 is 9.47 Å². The van der Waals surface area contributed by atoms with Crippen LogP contribution in [0.4, 0.5) is 17.1 Å². The van der Waals surface area contributed by atoms with E-state index in [1.54, 1.807) is 0 Å². The summed E-state index contributed by atoms with van der Waals surface area (Å²) in [6, 6.07) is 83.6. The van der Waals surface area contributed by atoms with Gasteiger partial charge in [-0.3, -0.25) is 0 Å². The Labute approximate surface area is 338 Å². The molecule has 1 aromatic heterocycles. The van der Waals surface area contributed by atoms with E-state index in [1.807, 2.05) is 0 Å². The Bertz CT molecular complexity index is 3250. The van der Waals surface area contributed by atoms with Gasteiger partial charge in [0.05, 0.1) is 22.4 Å². The molecule has 0 aliphatic carbocycles. The molecule has 2 heteroatoms. The van der Waals surface area contributed by atoms with E-state index in [0.717, 1.165) is 17.1 Å². The van der Waals surface area contributed by atoms with Crippen LogP contribution in [0.25, 0.3) is 82.4 Å². The van der Waals surface area contributed by atoms with Crippen molar-refractivity contribution >= 4 is 60.4 Å². The highest BCUT2D eigenvalue weighted by atomic mass is 15.1. The first kappa shape index (κ1) is 33.6. The van der Waals surface area contributed by atoms with Gasteiger partial charge in [-0.15, -0.1) is 0 Å². The summed E-state index contributed by atoms with van der Waals surface area (Å²) >= 11 is 0. The molecule has 0 spiro atoms. The third kappa shape index (κ3) is 5.74. The highest BCUT2D eigenvalue weighted by molar-refractivity contribution is 6.15. The van der Waals surface area contributed by atoms with Crippen LogP contribution < -0.4 is 4.90 Å². The minimum Gasteiger partial charge on any atom is -0.310 e. The summed E-state index contributed by atoms with van der Waals surface area (Å²) in [6.45, 7) is 0. The van der Waals surface area contributed by atoms with Crippen molar-refractivity contribution in [2.45, 2.75) is 0 Å². The van der Waals surface area contributed by atoms with Gasteiger partial charge in [-0.25, -0.2) is 0 Å². The monoisotopic (exact) mass is 738 g/mol. The molecule has 11 rings (SSSR count). The Morgan fingerprint density at radius 2 is 0.810 bits per heavy atom. The molecule has 0 fully saturated rings. The van der Waals surface area contributed by atoms with Crippen molar-refractivity contribution in [3.8, 4) is 39.1 Å². The number of fused-ring (bicyclic) bond motifs is 5. The SMILES string of the molecule is c1ccc(-c2ccc(N(c3ccc(-c4ccc(-n5c6ccccc6c6cc7ccccc7cc65)c5ccccc45)cc3)c3ccccc3-c3ccccc3)cc2)cc1. The van der Waals surface area contributed by atoms with E-state index >= 15 is 0 Å². The van der Waals surface area contributed by atoms with Crippen LogP contribution in [0.15, 0.2) is 231 Å². The standard InChI is InChI=1S/C56H38N2/c1-3-15-39(16-4-1)40-27-31-45(32-28-40)57(53-25-13-11-21-48(53)41-17-5-2-6-18-41)46-33-29-42(30-34-46)47-35-36-55(50-23-10-9-22-49(47)50)58-54-26-14-12-24-51(54)52-37-43-19-7-8-20-44(43)38-56(52)58/h1-38H. The van der Waals surface area contributed by atoms with E-state index in [0.29, 0.717) is 0 Å². The van der Waals surface area contributed by atoms with Crippen molar-refractivity contribution in [2.24, 2.45) is 0 Å². The lowest BCUT2D eigenvalue weighted by atomic mass is 9.96. The van der Waals surface area contributed by atoms with Crippen LogP contribution in [0.3, 0.4) is 0 Å². The van der Waals surface area contributed by atoms with Gasteiger partial charge in [0.25, 0.3) is 0 Å². The molecule has 0 atom stereocenters. The fourth-order valence-corrected chi connectivity index (χ4v) is 8.83. The first-order valence-corrected chi connectivity index (χ1v) is 19.9. The molecule has 1 heterocycles. The molecule has 10 aromatic carbocycles. The van der Waals surface area contributed by atoms with E-state index < -0.39 is 0 Å². The van der Waals surface area contributed by atoms with Crippen LogP contribution in [-0.4, -0.2) is 4.57 Å². The Morgan fingerprint density at radius 3 is 1.53 bits per heavy atom. The second-order valence-corrected chi connectivity index (χ2v) is 14.9. The summed E-state index contributed by atoms with van der Waals surface area (Å²) in [4.78, 5) is 2.38. The largest absolute Gasteiger partial charge is 0.310 e. The molecule has 0 unspecified atom stereocenters. The molecule has 11 aromatic rings. The van der Waals surface area contributed by atoms with Gasteiger partial charge in [0.2, 0.25) is 0 Å². The van der Waals surface area contributed by atoms with Crippen LogP contribution in [0.2, 0.25) is 0 Å². The van der Waals surface area contributed by atoms with Crippen LogP contribution in [0, 0.1) is 0 Å². The Hall–Kier alpha value is -7.68. The van der Waals surface area contributed by atoms with Crippen molar-refractivity contribution in [2.75, 3.05) is 4.90 Å². The highest BCUT2D eigenvalue weighted by Crippen LogP contribution is 2.43. The van der Waals surface area contributed by atoms with Gasteiger partial charge in [-0.1, -0.05) is 176 Å². The van der Waals surface area contributed by atoms with Crippen LogP contribution in [-0.2, 0) is 0 Å². The molecule has 0 bridgehead atoms. The number of rotatable bonds is 7.